The van der Waals surface area contributed by atoms with Gasteiger partial charge in [0.05, 0.1) is 0 Å². The summed E-state index contributed by atoms with van der Waals surface area (Å²) in [6, 6.07) is 0. The number of hydrogen-bond acceptors (Lipinski definition) is 4. The van der Waals surface area contributed by atoms with Crippen LogP contribution in [-0.4, -0.2) is 30.2 Å². The lowest BCUT2D eigenvalue weighted by atomic mass is 10.5. The largest absolute Gasteiger partial charge is 0.416 e. The van der Waals surface area contributed by atoms with E-state index in [0.717, 1.165) is 0 Å². The van der Waals surface area contributed by atoms with E-state index in [1.807, 2.05) is 0 Å². The summed E-state index contributed by atoms with van der Waals surface area (Å²) >= 11 is 5.71. The van der Waals surface area contributed by atoms with Gasteiger partial charge in [-0.25, -0.2) is 4.79 Å². The van der Waals surface area contributed by atoms with Crippen molar-refractivity contribution in [3.8, 4) is 5.88 Å². The third-order valence-corrected chi connectivity index (χ3v) is 1.74. The highest BCUT2D eigenvalue weighted by Gasteiger charge is 2.16. The summed E-state index contributed by atoms with van der Waals surface area (Å²) < 4.78 is 9.48. The van der Waals surface area contributed by atoms with Crippen molar-refractivity contribution in [1.82, 2.24) is 10.1 Å². The molecule has 13 heavy (non-hydrogen) atoms. The summed E-state index contributed by atoms with van der Waals surface area (Å²) in [5, 5.41) is 3.68. The lowest BCUT2D eigenvalue weighted by Gasteiger charge is -2.07. The summed E-state index contributed by atoms with van der Waals surface area (Å²) in [7, 11) is 3.12. The average molecular weight is 205 g/mol. The maximum absolute atomic E-state index is 11.0. The molecule has 0 aliphatic rings. The number of aryl methyl sites for hydroxylation is 1. The predicted molar refractivity (Wildman–Crippen MR) is 46.0 cm³/mol. The summed E-state index contributed by atoms with van der Waals surface area (Å²) in [4.78, 5) is 12.3. The molecule has 1 amide bonds. The van der Waals surface area contributed by atoms with Crippen molar-refractivity contribution >= 4 is 17.7 Å². The number of halogens is 1. The molecule has 0 aliphatic carbocycles. The van der Waals surface area contributed by atoms with Crippen molar-refractivity contribution in [1.29, 1.82) is 0 Å². The van der Waals surface area contributed by atoms with Gasteiger partial charge in [0.15, 0.2) is 5.76 Å². The molecule has 0 aromatic carbocycles. The predicted octanol–water partition coefficient (Wildman–Crippen LogP) is 1.70. The molecule has 1 aromatic heterocycles. The van der Waals surface area contributed by atoms with Gasteiger partial charge >= 0.3 is 6.09 Å². The Balaban J connectivity index is 2.75. The van der Waals surface area contributed by atoms with Crippen LogP contribution in [0.15, 0.2) is 4.52 Å². The van der Waals surface area contributed by atoms with Crippen LogP contribution in [0, 0.1) is 6.92 Å². The number of nitrogens with zero attached hydrogens (tertiary/aromatic N) is 2. The molecule has 0 saturated carbocycles. The Labute approximate surface area is 80.2 Å². The molecule has 0 aliphatic heterocycles. The van der Waals surface area contributed by atoms with Gasteiger partial charge in [-0.2, -0.15) is 0 Å². The zero-order chi connectivity index (χ0) is 10.0. The monoisotopic (exact) mass is 204 g/mol. The second kappa shape index (κ2) is 3.66. The first-order valence-corrected chi connectivity index (χ1v) is 3.91. The van der Waals surface area contributed by atoms with Gasteiger partial charge in [-0.1, -0.05) is 11.6 Å². The second-order valence-electron chi connectivity index (χ2n) is 2.62. The molecule has 0 unspecified atom stereocenters. The summed E-state index contributed by atoms with van der Waals surface area (Å²) in [6.07, 6.45) is -0.546. The molecular formula is C7H9ClN2O3. The minimum atomic E-state index is -0.546. The third-order valence-electron chi connectivity index (χ3n) is 1.31. The van der Waals surface area contributed by atoms with E-state index in [2.05, 4.69) is 5.16 Å². The zero-order valence-corrected chi connectivity index (χ0v) is 8.25. The van der Waals surface area contributed by atoms with Gasteiger partial charge in [-0.3, -0.25) is 0 Å². The Morgan fingerprint density at radius 3 is 2.62 bits per heavy atom. The first kappa shape index (κ1) is 9.85. The van der Waals surface area contributed by atoms with E-state index in [0.29, 0.717) is 5.76 Å². The molecule has 72 valence electrons. The summed E-state index contributed by atoms with van der Waals surface area (Å²) in [5.74, 6) is 0.418. The molecule has 0 bridgehead atoms. The SMILES string of the molecule is Cc1onc(OC(=O)N(C)C)c1Cl. The van der Waals surface area contributed by atoms with Gasteiger partial charge in [-0.05, 0) is 12.1 Å². The van der Waals surface area contributed by atoms with Gasteiger partial charge in [0.2, 0.25) is 0 Å². The highest BCUT2D eigenvalue weighted by atomic mass is 35.5. The molecule has 5 nitrogen and oxygen atoms in total. The number of rotatable bonds is 1. The van der Waals surface area contributed by atoms with E-state index >= 15 is 0 Å². The van der Waals surface area contributed by atoms with Crippen LogP contribution in [0.25, 0.3) is 0 Å². The zero-order valence-electron chi connectivity index (χ0n) is 7.50. The minimum absolute atomic E-state index is 0.00198. The number of carbonyl (C=O) groups is 1. The van der Waals surface area contributed by atoms with Crippen LogP contribution in [-0.2, 0) is 0 Å². The fraction of sp³-hybridized carbons (Fsp3) is 0.429. The van der Waals surface area contributed by atoms with Crippen molar-refractivity contribution in [2.45, 2.75) is 6.92 Å². The Bertz CT molecular complexity index is 322. The fourth-order valence-corrected chi connectivity index (χ4v) is 0.686. The van der Waals surface area contributed by atoms with Crippen LogP contribution in [0.3, 0.4) is 0 Å². The molecule has 1 rings (SSSR count). The highest BCUT2D eigenvalue weighted by molar-refractivity contribution is 6.32. The standard InChI is InChI=1S/C7H9ClN2O3/c1-4-5(8)6(9-13-4)12-7(11)10(2)3/h1-3H3. The molecule has 1 heterocycles. The molecule has 0 spiro atoms. The maximum Gasteiger partial charge on any atom is 0.416 e. The Kier molecular flexibility index (Phi) is 2.77. The molecule has 1 aromatic rings. The van der Waals surface area contributed by atoms with Crippen LogP contribution < -0.4 is 4.74 Å². The van der Waals surface area contributed by atoms with Crippen molar-refractivity contribution in [3.05, 3.63) is 10.8 Å². The van der Waals surface area contributed by atoms with Crippen molar-refractivity contribution in [3.63, 3.8) is 0 Å². The van der Waals surface area contributed by atoms with E-state index < -0.39 is 6.09 Å². The Morgan fingerprint density at radius 1 is 1.62 bits per heavy atom. The number of ether oxygens (including phenoxy) is 1. The molecule has 0 fully saturated rings. The first-order chi connectivity index (χ1) is 6.02. The minimum Gasteiger partial charge on any atom is -0.386 e. The van der Waals surface area contributed by atoms with E-state index in [9.17, 15) is 4.79 Å². The highest BCUT2D eigenvalue weighted by Crippen LogP contribution is 2.26. The van der Waals surface area contributed by atoms with E-state index in [1.165, 1.54) is 4.90 Å². The van der Waals surface area contributed by atoms with E-state index in [4.69, 9.17) is 20.9 Å². The van der Waals surface area contributed by atoms with Gasteiger partial charge in [0.25, 0.3) is 5.88 Å². The smallest absolute Gasteiger partial charge is 0.386 e. The number of carbonyl (C=O) groups excluding carboxylic acids is 1. The van der Waals surface area contributed by atoms with Gasteiger partial charge in [0.1, 0.15) is 5.02 Å². The molecule has 0 atom stereocenters. The van der Waals surface area contributed by atoms with Crippen molar-refractivity contribution in [2.24, 2.45) is 0 Å². The Morgan fingerprint density at radius 2 is 2.23 bits per heavy atom. The van der Waals surface area contributed by atoms with Crippen LogP contribution in [0.1, 0.15) is 5.76 Å². The van der Waals surface area contributed by atoms with Gasteiger partial charge in [0, 0.05) is 14.1 Å². The lowest BCUT2D eigenvalue weighted by Crippen LogP contribution is -2.25. The van der Waals surface area contributed by atoms with Crippen LogP contribution in [0.4, 0.5) is 4.79 Å². The third kappa shape index (κ3) is 2.12. The number of amides is 1. The van der Waals surface area contributed by atoms with Gasteiger partial charge in [-0.15, -0.1) is 0 Å². The normalized spacial score (nSPS) is 9.85. The van der Waals surface area contributed by atoms with E-state index in [1.54, 1.807) is 21.0 Å². The number of aromatic nitrogens is 1. The topological polar surface area (TPSA) is 55.6 Å². The summed E-state index contributed by atoms with van der Waals surface area (Å²) in [5.41, 5.74) is 0. The maximum atomic E-state index is 11.0. The van der Waals surface area contributed by atoms with Crippen molar-refractivity contribution in [2.75, 3.05) is 14.1 Å². The molecular weight excluding hydrogens is 196 g/mol. The molecule has 0 saturated heterocycles. The van der Waals surface area contributed by atoms with Crippen LogP contribution in [0.5, 0.6) is 5.88 Å². The van der Waals surface area contributed by atoms with E-state index in [-0.39, 0.29) is 10.9 Å². The van der Waals surface area contributed by atoms with Crippen LogP contribution >= 0.6 is 11.6 Å². The van der Waals surface area contributed by atoms with Gasteiger partial charge < -0.3 is 14.2 Å². The quantitative estimate of drug-likeness (QED) is 0.699. The number of hydrogen-bond donors (Lipinski definition) is 0. The summed E-state index contributed by atoms with van der Waals surface area (Å²) in [6.45, 7) is 1.63. The fourth-order valence-electron chi connectivity index (χ4n) is 0.578. The van der Waals surface area contributed by atoms with Crippen molar-refractivity contribution < 1.29 is 14.1 Å². The molecule has 0 radical (unpaired) electrons. The average Bonchev–Trinajstić information content (AvgIpc) is 2.36. The molecule has 6 heteroatoms. The molecule has 0 N–H and O–H groups in total. The van der Waals surface area contributed by atoms with Crippen LogP contribution in [0.2, 0.25) is 5.02 Å². The Hall–Kier alpha value is -1.23. The lowest BCUT2D eigenvalue weighted by molar-refractivity contribution is 0.167. The second-order valence-corrected chi connectivity index (χ2v) is 3.00. The first-order valence-electron chi connectivity index (χ1n) is 3.53.